The van der Waals surface area contributed by atoms with E-state index in [4.69, 9.17) is 9.72 Å². The molecule has 3 aromatic rings. The first-order valence-electron chi connectivity index (χ1n) is 8.53. The van der Waals surface area contributed by atoms with Crippen LogP contribution in [0.5, 0.6) is 5.88 Å². The van der Waals surface area contributed by atoms with Crippen molar-refractivity contribution in [1.82, 2.24) is 29.3 Å². The average Bonchev–Trinajstić information content (AvgIpc) is 3.18. The van der Waals surface area contributed by atoms with Crippen molar-refractivity contribution < 1.29 is 4.74 Å². The van der Waals surface area contributed by atoms with E-state index in [0.717, 1.165) is 23.2 Å². The SMILES string of the molecule is CN(C)C1CC(Oc2nc(-c3cnn(C)c3)cn3nccc23)C1(C)C. The number of aryl methyl sites for hydroxylation is 1. The van der Waals surface area contributed by atoms with Gasteiger partial charge >= 0.3 is 0 Å². The van der Waals surface area contributed by atoms with Gasteiger partial charge in [-0.05, 0) is 20.2 Å². The van der Waals surface area contributed by atoms with Crippen LogP contribution in [0.1, 0.15) is 20.3 Å². The van der Waals surface area contributed by atoms with Crippen molar-refractivity contribution in [2.75, 3.05) is 14.1 Å². The Morgan fingerprint density at radius 1 is 1.24 bits per heavy atom. The lowest BCUT2D eigenvalue weighted by molar-refractivity contribution is -0.0932. The largest absolute Gasteiger partial charge is 0.472 e. The van der Waals surface area contributed by atoms with Gasteiger partial charge in [-0.1, -0.05) is 13.8 Å². The second-order valence-corrected chi connectivity index (χ2v) is 7.64. The smallest absolute Gasteiger partial charge is 0.240 e. The van der Waals surface area contributed by atoms with Crippen molar-refractivity contribution in [3.05, 3.63) is 30.9 Å². The van der Waals surface area contributed by atoms with E-state index in [1.165, 1.54) is 0 Å². The molecule has 2 atom stereocenters. The van der Waals surface area contributed by atoms with Gasteiger partial charge < -0.3 is 9.64 Å². The zero-order chi connectivity index (χ0) is 17.8. The van der Waals surface area contributed by atoms with Gasteiger partial charge in [-0.3, -0.25) is 4.68 Å². The molecule has 7 heteroatoms. The molecule has 3 heterocycles. The first-order chi connectivity index (χ1) is 11.9. The van der Waals surface area contributed by atoms with Gasteiger partial charge in [0, 0.05) is 36.7 Å². The van der Waals surface area contributed by atoms with Crippen LogP contribution in [0.2, 0.25) is 0 Å². The average molecular weight is 340 g/mol. The van der Waals surface area contributed by atoms with Crippen molar-refractivity contribution in [2.45, 2.75) is 32.4 Å². The molecule has 1 saturated carbocycles. The van der Waals surface area contributed by atoms with Gasteiger partial charge in [-0.2, -0.15) is 10.2 Å². The van der Waals surface area contributed by atoms with Crippen LogP contribution in [-0.4, -0.2) is 55.5 Å². The maximum atomic E-state index is 6.36. The van der Waals surface area contributed by atoms with Crippen LogP contribution in [0.4, 0.5) is 0 Å². The summed E-state index contributed by atoms with van der Waals surface area (Å²) >= 11 is 0. The Kier molecular flexibility index (Phi) is 3.57. The van der Waals surface area contributed by atoms with Gasteiger partial charge in [0.15, 0.2) is 0 Å². The molecule has 0 aliphatic heterocycles. The molecule has 0 N–H and O–H groups in total. The molecule has 132 valence electrons. The van der Waals surface area contributed by atoms with Crippen molar-refractivity contribution >= 4 is 5.52 Å². The summed E-state index contributed by atoms with van der Waals surface area (Å²) < 4.78 is 9.95. The molecule has 0 radical (unpaired) electrons. The molecule has 0 saturated heterocycles. The molecular weight excluding hydrogens is 316 g/mol. The van der Waals surface area contributed by atoms with E-state index >= 15 is 0 Å². The van der Waals surface area contributed by atoms with E-state index in [9.17, 15) is 0 Å². The molecule has 1 aliphatic rings. The van der Waals surface area contributed by atoms with Crippen LogP contribution in [-0.2, 0) is 7.05 Å². The fraction of sp³-hybridized carbons (Fsp3) is 0.500. The number of aromatic nitrogens is 5. The van der Waals surface area contributed by atoms with Gasteiger partial charge in [0.2, 0.25) is 5.88 Å². The summed E-state index contributed by atoms with van der Waals surface area (Å²) in [5.74, 6) is 0.633. The van der Waals surface area contributed by atoms with Gasteiger partial charge in [0.05, 0.1) is 24.3 Å². The molecule has 7 nitrogen and oxygen atoms in total. The highest BCUT2D eigenvalue weighted by Crippen LogP contribution is 2.45. The highest BCUT2D eigenvalue weighted by molar-refractivity contribution is 5.63. The van der Waals surface area contributed by atoms with E-state index in [2.05, 4.69) is 43.0 Å². The number of hydrogen-bond acceptors (Lipinski definition) is 5. The minimum atomic E-state index is 0.0759. The Morgan fingerprint density at radius 2 is 2.04 bits per heavy atom. The van der Waals surface area contributed by atoms with Crippen molar-refractivity contribution in [1.29, 1.82) is 0 Å². The van der Waals surface area contributed by atoms with Gasteiger partial charge in [0.1, 0.15) is 11.6 Å². The third-order valence-electron chi connectivity index (χ3n) is 5.36. The summed E-state index contributed by atoms with van der Waals surface area (Å²) in [6.45, 7) is 4.51. The Bertz CT molecular complexity index is 909. The maximum absolute atomic E-state index is 6.36. The first-order valence-corrected chi connectivity index (χ1v) is 8.53. The topological polar surface area (TPSA) is 60.5 Å². The predicted molar refractivity (Wildman–Crippen MR) is 95.5 cm³/mol. The van der Waals surface area contributed by atoms with E-state index < -0.39 is 0 Å². The third-order valence-corrected chi connectivity index (χ3v) is 5.36. The van der Waals surface area contributed by atoms with E-state index in [1.807, 2.05) is 30.0 Å². The van der Waals surface area contributed by atoms with Crippen LogP contribution in [0, 0.1) is 5.41 Å². The van der Waals surface area contributed by atoms with Crippen molar-refractivity contribution in [2.24, 2.45) is 12.5 Å². The van der Waals surface area contributed by atoms with Gasteiger partial charge in [-0.25, -0.2) is 9.50 Å². The zero-order valence-electron chi connectivity index (χ0n) is 15.3. The number of nitrogens with zero attached hydrogens (tertiary/aromatic N) is 6. The summed E-state index contributed by atoms with van der Waals surface area (Å²) in [4.78, 5) is 7.04. The molecule has 0 spiro atoms. The second kappa shape index (κ2) is 5.56. The Balaban J connectivity index is 1.69. The van der Waals surface area contributed by atoms with Gasteiger partial charge in [0.25, 0.3) is 0 Å². The molecule has 4 rings (SSSR count). The normalized spacial score (nSPS) is 22.3. The highest BCUT2D eigenvalue weighted by Gasteiger charge is 2.51. The lowest BCUT2D eigenvalue weighted by atomic mass is 9.64. The summed E-state index contributed by atoms with van der Waals surface area (Å²) in [7, 11) is 6.14. The van der Waals surface area contributed by atoms with E-state index in [0.29, 0.717) is 11.9 Å². The van der Waals surface area contributed by atoms with Crippen molar-refractivity contribution in [3.63, 3.8) is 0 Å². The molecule has 0 aromatic carbocycles. The van der Waals surface area contributed by atoms with E-state index in [1.54, 1.807) is 17.1 Å². The molecule has 1 fully saturated rings. The Hall–Kier alpha value is -2.41. The minimum Gasteiger partial charge on any atom is -0.472 e. The Morgan fingerprint density at radius 3 is 2.68 bits per heavy atom. The third kappa shape index (κ3) is 2.59. The van der Waals surface area contributed by atoms with Crippen LogP contribution < -0.4 is 4.74 Å². The molecule has 0 bridgehead atoms. The number of ether oxygens (including phenoxy) is 1. The summed E-state index contributed by atoms with van der Waals surface area (Å²) in [6, 6.07) is 2.45. The molecular formula is C18H24N6O. The molecule has 1 aliphatic carbocycles. The lowest BCUT2D eigenvalue weighted by Crippen LogP contribution is -2.61. The fourth-order valence-corrected chi connectivity index (χ4v) is 3.75. The number of rotatable bonds is 4. The minimum absolute atomic E-state index is 0.0759. The number of hydrogen-bond donors (Lipinski definition) is 0. The number of fused-ring (bicyclic) bond motifs is 1. The summed E-state index contributed by atoms with van der Waals surface area (Å²) in [5.41, 5.74) is 2.72. The standard InChI is InChI=1S/C18H24N6O/c1-18(2)15(22(3)4)8-16(18)25-17-14-6-7-19-24(14)11-13(21-17)12-9-20-23(5)10-12/h6-7,9-11,15-16H,8H2,1-5H3. The van der Waals surface area contributed by atoms with Gasteiger partial charge in [-0.15, -0.1) is 0 Å². The molecule has 2 unspecified atom stereocenters. The monoisotopic (exact) mass is 340 g/mol. The van der Waals surface area contributed by atoms with Crippen LogP contribution >= 0.6 is 0 Å². The Labute approximate surface area is 147 Å². The lowest BCUT2D eigenvalue weighted by Gasteiger charge is -2.53. The molecule has 0 amide bonds. The zero-order valence-corrected chi connectivity index (χ0v) is 15.3. The van der Waals surface area contributed by atoms with Crippen LogP contribution in [0.3, 0.4) is 0 Å². The van der Waals surface area contributed by atoms with Crippen LogP contribution in [0.25, 0.3) is 16.8 Å². The predicted octanol–water partition coefficient (Wildman–Crippen LogP) is 2.24. The fourth-order valence-electron chi connectivity index (χ4n) is 3.75. The quantitative estimate of drug-likeness (QED) is 0.729. The maximum Gasteiger partial charge on any atom is 0.240 e. The molecule has 25 heavy (non-hydrogen) atoms. The van der Waals surface area contributed by atoms with E-state index in [-0.39, 0.29) is 11.5 Å². The summed E-state index contributed by atoms with van der Waals surface area (Å²) in [6.07, 6.45) is 8.56. The van der Waals surface area contributed by atoms with Crippen LogP contribution in [0.15, 0.2) is 30.9 Å². The summed E-state index contributed by atoms with van der Waals surface area (Å²) in [5, 5.41) is 8.60. The first kappa shape index (κ1) is 16.1. The second-order valence-electron chi connectivity index (χ2n) is 7.64. The molecule has 3 aromatic heterocycles. The highest BCUT2D eigenvalue weighted by atomic mass is 16.5. The van der Waals surface area contributed by atoms with Crippen molar-refractivity contribution in [3.8, 4) is 17.1 Å².